The van der Waals surface area contributed by atoms with Crippen molar-refractivity contribution in [3.05, 3.63) is 0 Å². The molecule has 0 bridgehead atoms. The summed E-state index contributed by atoms with van der Waals surface area (Å²) in [6, 6.07) is 2.66. The van der Waals surface area contributed by atoms with Crippen LogP contribution in [0.5, 0.6) is 0 Å². The van der Waals surface area contributed by atoms with Crippen molar-refractivity contribution in [3.8, 4) is 6.07 Å². The molecule has 0 aromatic carbocycles. The number of hydrogen-bond donors (Lipinski definition) is 0. The Kier molecular flexibility index (Phi) is 6.53. The first-order valence-corrected chi connectivity index (χ1v) is 7.24. The molecule has 1 aliphatic rings. The molecule has 0 N–H and O–H groups in total. The zero-order valence-corrected chi connectivity index (χ0v) is 10.9. The Hall–Kier alpha value is -0.510. The fraction of sp³-hybridized carbons (Fsp3) is 0.933. The molecule has 1 saturated carbocycles. The van der Waals surface area contributed by atoms with Gasteiger partial charge in [0.25, 0.3) is 0 Å². The molecule has 0 unspecified atom stereocenters. The molecule has 1 nitrogen and oxygen atoms in total. The zero-order chi connectivity index (χ0) is 11.7. The van der Waals surface area contributed by atoms with E-state index in [-0.39, 0.29) is 5.41 Å². The van der Waals surface area contributed by atoms with Crippen LogP contribution in [0.15, 0.2) is 0 Å². The Labute approximate surface area is 101 Å². The van der Waals surface area contributed by atoms with Crippen LogP contribution in [0.25, 0.3) is 0 Å². The van der Waals surface area contributed by atoms with E-state index in [1.54, 1.807) is 0 Å². The summed E-state index contributed by atoms with van der Waals surface area (Å²) in [5.41, 5.74) is 0.0498. The molecule has 0 aromatic rings. The number of nitriles is 1. The van der Waals surface area contributed by atoms with Crippen LogP contribution in [-0.2, 0) is 0 Å². The van der Waals surface area contributed by atoms with E-state index in [0.29, 0.717) is 0 Å². The Morgan fingerprint density at radius 3 is 2.12 bits per heavy atom. The van der Waals surface area contributed by atoms with E-state index in [4.69, 9.17) is 0 Å². The van der Waals surface area contributed by atoms with Gasteiger partial charge >= 0.3 is 0 Å². The molecule has 0 aromatic heterocycles. The standard InChI is InChI=1S/C15H27N/c1-2-3-4-8-11-15(14-16)12-9-6-5-7-10-13-15/h2-13H2,1H3. The van der Waals surface area contributed by atoms with Gasteiger partial charge in [-0.15, -0.1) is 0 Å². The molecule has 16 heavy (non-hydrogen) atoms. The molecular weight excluding hydrogens is 194 g/mol. The molecule has 0 saturated heterocycles. The lowest BCUT2D eigenvalue weighted by Gasteiger charge is -2.28. The van der Waals surface area contributed by atoms with Crippen molar-refractivity contribution in [2.24, 2.45) is 5.41 Å². The third kappa shape index (κ3) is 4.56. The lowest BCUT2D eigenvalue weighted by molar-refractivity contribution is 0.261. The average Bonchev–Trinajstić information content (AvgIpc) is 2.27. The summed E-state index contributed by atoms with van der Waals surface area (Å²) in [5, 5.41) is 9.46. The lowest BCUT2D eigenvalue weighted by atomic mass is 9.74. The van der Waals surface area contributed by atoms with Gasteiger partial charge in [0, 0.05) is 0 Å². The van der Waals surface area contributed by atoms with Gasteiger partial charge in [-0.05, 0) is 19.3 Å². The van der Waals surface area contributed by atoms with Gasteiger partial charge in [-0.25, -0.2) is 0 Å². The fourth-order valence-corrected chi connectivity index (χ4v) is 2.89. The second-order valence-electron chi connectivity index (χ2n) is 5.47. The summed E-state index contributed by atoms with van der Waals surface area (Å²) >= 11 is 0. The summed E-state index contributed by atoms with van der Waals surface area (Å²) in [7, 11) is 0. The van der Waals surface area contributed by atoms with E-state index in [1.165, 1.54) is 57.8 Å². The first kappa shape index (κ1) is 13.6. The Morgan fingerprint density at radius 1 is 0.938 bits per heavy atom. The maximum Gasteiger partial charge on any atom is 0.0689 e. The van der Waals surface area contributed by atoms with Crippen LogP contribution in [0, 0.1) is 16.7 Å². The summed E-state index contributed by atoms with van der Waals surface area (Å²) in [4.78, 5) is 0. The van der Waals surface area contributed by atoms with Gasteiger partial charge in [-0.1, -0.05) is 64.7 Å². The molecule has 0 amide bonds. The fourth-order valence-electron chi connectivity index (χ4n) is 2.89. The van der Waals surface area contributed by atoms with Crippen molar-refractivity contribution in [1.82, 2.24) is 0 Å². The van der Waals surface area contributed by atoms with Gasteiger partial charge in [-0.3, -0.25) is 0 Å². The smallest absolute Gasteiger partial charge is 0.0689 e. The number of hydrogen-bond acceptors (Lipinski definition) is 1. The number of rotatable bonds is 5. The van der Waals surface area contributed by atoms with Crippen molar-refractivity contribution in [2.75, 3.05) is 0 Å². The van der Waals surface area contributed by atoms with Crippen LogP contribution >= 0.6 is 0 Å². The van der Waals surface area contributed by atoms with Crippen molar-refractivity contribution < 1.29 is 0 Å². The van der Waals surface area contributed by atoms with Crippen molar-refractivity contribution in [3.63, 3.8) is 0 Å². The van der Waals surface area contributed by atoms with Gasteiger partial charge in [0.15, 0.2) is 0 Å². The van der Waals surface area contributed by atoms with Crippen LogP contribution in [0.4, 0.5) is 0 Å². The van der Waals surface area contributed by atoms with Crippen molar-refractivity contribution in [2.45, 2.75) is 84.0 Å². The van der Waals surface area contributed by atoms with Gasteiger partial charge in [0.2, 0.25) is 0 Å². The Balaban J connectivity index is 2.37. The largest absolute Gasteiger partial charge is 0.198 e. The van der Waals surface area contributed by atoms with E-state index < -0.39 is 0 Å². The third-order valence-corrected chi connectivity index (χ3v) is 4.06. The quantitative estimate of drug-likeness (QED) is 0.584. The molecule has 0 spiro atoms. The molecular formula is C15H27N. The first-order chi connectivity index (χ1) is 7.83. The van der Waals surface area contributed by atoms with E-state index in [1.807, 2.05) is 0 Å². The molecule has 1 fully saturated rings. The highest BCUT2D eigenvalue weighted by Gasteiger charge is 2.29. The highest BCUT2D eigenvalue weighted by molar-refractivity contribution is 4.99. The van der Waals surface area contributed by atoms with Gasteiger partial charge < -0.3 is 0 Å². The van der Waals surface area contributed by atoms with E-state index >= 15 is 0 Å². The van der Waals surface area contributed by atoms with E-state index in [0.717, 1.165) is 19.3 Å². The van der Waals surface area contributed by atoms with Gasteiger partial charge in [0.1, 0.15) is 0 Å². The molecule has 1 aliphatic carbocycles. The minimum atomic E-state index is 0.0498. The molecule has 92 valence electrons. The highest BCUT2D eigenvalue weighted by Crippen LogP contribution is 2.38. The molecule has 0 heterocycles. The Bertz CT molecular complexity index is 206. The maximum absolute atomic E-state index is 9.46. The van der Waals surface area contributed by atoms with Crippen LogP contribution in [-0.4, -0.2) is 0 Å². The molecule has 1 rings (SSSR count). The highest BCUT2D eigenvalue weighted by atomic mass is 14.4. The number of unbranched alkanes of at least 4 members (excludes halogenated alkanes) is 3. The predicted molar refractivity (Wildman–Crippen MR) is 69.1 cm³/mol. The number of nitrogens with zero attached hydrogens (tertiary/aromatic N) is 1. The van der Waals surface area contributed by atoms with Gasteiger partial charge in [-0.2, -0.15) is 5.26 Å². The predicted octanol–water partition coefficient (Wildman–Crippen LogP) is 5.21. The zero-order valence-electron chi connectivity index (χ0n) is 10.9. The minimum Gasteiger partial charge on any atom is -0.198 e. The third-order valence-electron chi connectivity index (χ3n) is 4.06. The summed E-state index contributed by atoms with van der Waals surface area (Å²) < 4.78 is 0. The average molecular weight is 221 g/mol. The minimum absolute atomic E-state index is 0.0498. The Morgan fingerprint density at radius 2 is 1.56 bits per heavy atom. The van der Waals surface area contributed by atoms with Crippen molar-refractivity contribution in [1.29, 1.82) is 5.26 Å². The monoisotopic (exact) mass is 221 g/mol. The summed E-state index contributed by atoms with van der Waals surface area (Å²) in [5.74, 6) is 0. The van der Waals surface area contributed by atoms with Crippen LogP contribution in [0.3, 0.4) is 0 Å². The summed E-state index contributed by atoms with van der Waals surface area (Å²) in [6.45, 7) is 2.25. The van der Waals surface area contributed by atoms with Crippen LogP contribution in [0.1, 0.15) is 84.0 Å². The topological polar surface area (TPSA) is 23.8 Å². The molecule has 1 heteroatoms. The van der Waals surface area contributed by atoms with Crippen LogP contribution < -0.4 is 0 Å². The SMILES string of the molecule is CCCCCCC1(C#N)CCCCCCC1. The van der Waals surface area contributed by atoms with E-state index in [9.17, 15) is 5.26 Å². The molecule has 0 radical (unpaired) electrons. The summed E-state index contributed by atoms with van der Waals surface area (Å²) in [6.07, 6.45) is 15.3. The second kappa shape index (κ2) is 7.71. The van der Waals surface area contributed by atoms with Crippen molar-refractivity contribution >= 4 is 0 Å². The normalized spacial score (nSPS) is 20.8. The maximum atomic E-state index is 9.46. The lowest BCUT2D eigenvalue weighted by Crippen LogP contribution is -2.20. The van der Waals surface area contributed by atoms with E-state index in [2.05, 4.69) is 13.0 Å². The first-order valence-electron chi connectivity index (χ1n) is 7.24. The molecule has 0 atom stereocenters. The second-order valence-corrected chi connectivity index (χ2v) is 5.47. The van der Waals surface area contributed by atoms with Crippen LogP contribution in [0.2, 0.25) is 0 Å². The van der Waals surface area contributed by atoms with Gasteiger partial charge in [0.05, 0.1) is 11.5 Å². The molecule has 0 aliphatic heterocycles.